The molecule has 0 aromatic rings. The minimum Gasteiger partial charge on any atom is -0.396 e. The molecule has 0 aliphatic carbocycles. The van der Waals surface area contributed by atoms with Crippen molar-refractivity contribution in [1.82, 2.24) is 4.90 Å². The van der Waals surface area contributed by atoms with Crippen molar-refractivity contribution >= 4 is 12.6 Å². The van der Waals surface area contributed by atoms with Gasteiger partial charge in [-0.15, -0.1) is 0 Å². The maximum Gasteiger partial charge on any atom is 0.0434 e. The van der Waals surface area contributed by atoms with E-state index in [1.165, 1.54) is 26.1 Å². The van der Waals surface area contributed by atoms with Gasteiger partial charge in [0.15, 0.2) is 0 Å². The van der Waals surface area contributed by atoms with Crippen LogP contribution in [0.1, 0.15) is 26.7 Å². The van der Waals surface area contributed by atoms with Gasteiger partial charge in [0.1, 0.15) is 0 Å². The number of likely N-dealkylation sites (tertiary alicyclic amines) is 1. The molecule has 0 aromatic carbocycles. The van der Waals surface area contributed by atoms with E-state index in [9.17, 15) is 0 Å². The van der Waals surface area contributed by atoms with Crippen LogP contribution in [0.25, 0.3) is 0 Å². The largest absolute Gasteiger partial charge is 0.396 e. The Morgan fingerprint density at radius 3 is 2.73 bits per heavy atom. The first kappa shape index (κ1) is 13.3. The highest BCUT2D eigenvalue weighted by Crippen LogP contribution is 2.22. The Balaban J connectivity index is 2.28. The lowest BCUT2D eigenvalue weighted by Gasteiger charge is -2.25. The van der Waals surface area contributed by atoms with Gasteiger partial charge in [0.2, 0.25) is 0 Å². The second kappa shape index (κ2) is 6.77. The number of aliphatic hydroxyl groups is 1. The zero-order valence-electron chi connectivity index (χ0n) is 10.0. The molecule has 15 heavy (non-hydrogen) atoms. The molecule has 0 amide bonds. The minimum absolute atomic E-state index is 0.346. The molecule has 0 saturated carbocycles. The van der Waals surface area contributed by atoms with Gasteiger partial charge in [-0.2, -0.15) is 12.6 Å². The van der Waals surface area contributed by atoms with E-state index in [0.717, 1.165) is 24.0 Å². The van der Waals surface area contributed by atoms with Gasteiger partial charge in [0.05, 0.1) is 0 Å². The predicted molar refractivity (Wildman–Crippen MR) is 68.4 cm³/mol. The standard InChI is InChI=1S/C12H25NOS/c1-10(2)12(9-15)8-13-5-3-11(7-13)4-6-14/h10-12,14-15H,3-9H2,1-2H3. The number of hydrogen-bond acceptors (Lipinski definition) is 3. The van der Waals surface area contributed by atoms with Crippen molar-refractivity contribution in [2.24, 2.45) is 17.8 Å². The zero-order chi connectivity index (χ0) is 11.3. The van der Waals surface area contributed by atoms with Crippen molar-refractivity contribution in [3.8, 4) is 0 Å². The van der Waals surface area contributed by atoms with E-state index in [1.54, 1.807) is 0 Å². The van der Waals surface area contributed by atoms with Gasteiger partial charge >= 0.3 is 0 Å². The molecular weight excluding hydrogens is 206 g/mol. The van der Waals surface area contributed by atoms with Gasteiger partial charge < -0.3 is 10.0 Å². The second-order valence-electron chi connectivity index (χ2n) is 5.11. The summed E-state index contributed by atoms with van der Waals surface area (Å²) in [5.74, 6) is 3.14. The fourth-order valence-electron chi connectivity index (χ4n) is 2.31. The quantitative estimate of drug-likeness (QED) is 0.682. The molecule has 0 radical (unpaired) electrons. The van der Waals surface area contributed by atoms with Crippen LogP contribution < -0.4 is 0 Å². The van der Waals surface area contributed by atoms with Crippen LogP contribution >= 0.6 is 12.6 Å². The smallest absolute Gasteiger partial charge is 0.0434 e. The molecule has 0 spiro atoms. The molecule has 2 atom stereocenters. The molecule has 90 valence electrons. The lowest BCUT2D eigenvalue weighted by molar-refractivity contribution is 0.229. The molecule has 1 heterocycles. The molecule has 1 N–H and O–H groups in total. The Morgan fingerprint density at radius 2 is 2.20 bits per heavy atom. The Bertz CT molecular complexity index is 175. The van der Waals surface area contributed by atoms with E-state index >= 15 is 0 Å². The van der Waals surface area contributed by atoms with Crippen molar-refractivity contribution in [3.05, 3.63) is 0 Å². The molecule has 1 rings (SSSR count). The van der Waals surface area contributed by atoms with Crippen LogP contribution in [-0.4, -0.2) is 42.0 Å². The Morgan fingerprint density at radius 1 is 1.47 bits per heavy atom. The van der Waals surface area contributed by atoms with E-state index in [4.69, 9.17) is 5.11 Å². The highest BCUT2D eigenvalue weighted by atomic mass is 32.1. The number of rotatable bonds is 6. The van der Waals surface area contributed by atoms with Crippen LogP contribution in [-0.2, 0) is 0 Å². The van der Waals surface area contributed by atoms with Crippen LogP contribution in [0.5, 0.6) is 0 Å². The molecule has 2 nitrogen and oxygen atoms in total. The van der Waals surface area contributed by atoms with Crippen LogP contribution in [0.4, 0.5) is 0 Å². The minimum atomic E-state index is 0.346. The highest BCUT2D eigenvalue weighted by molar-refractivity contribution is 7.80. The number of thiol groups is 1. The summed E-state index contributed by atoms with van der Waals surface area (Å²) in [6.07, 6.45) is 2.24. The van der Waals surface area contributed by atoms with Crippen molar-refractivity contribution < 1.29 is 5.11 Å². The molecular formula is C12H25NOS. The van der Waals surface area contributed by atoms with Crippen LogP contribution in [0, 0.1) is 17.8 Å². The van der Waals surface area contributed by atoms with Gasteiger partial charge in [-0.05, 0) is 42.9 Å². The lowest BCUT2D eigenvalue weighted by atomic mass is 9.97. The number of nitrogens with zero attached hydrogens (tertiary/aromatic N) is 1. The third-order valence-electron chi connectivity index (χ3n) is 3.58. The molecule has 1 saturated heterocycles. The van der Waals surface area contributed by atoms with Gasteiger partial charge in [-0.3, -0.25) is 0 Å². The monoisotopic (exact) mass is 231 g/mol. The topological polar surface area (TPSA) is 23.5 Å². The Labute approximate surface area is 99.5 Å². The molecule has 1 aliphatic rings. The third-order valence-corrected chi connectivity index (χ3v) is 4.05. The third kappa shape index (κ3) is 4.33. The van der Waals surface area contributed by atoms with E-state index in [2.05, 4.69) is 31.4 Å². The van der Waals surface area contributed by atoms with Gasteiger partial charge in [-0.1, -0.05) is 13.8 Å². The summed E-state index contributed by atoms with van der Waals surface area (Å²) in [4.78, 5) is 2.54. The van der Waals surface area contributed by atoms with Crippen molar-refractivity contribution in [2.45, 2.75) is 26.7 Å². The number of hydrogen-bond donors (Lipinski definition) is 2. The molecule has 1 fully saturated rings. The highest BCUT2D eigenvalue weighted by Gasteiger charge is 2.24. The van der Waals surface area contributed by atoms with E-state index < -0.39 is 0 Å². The summed E-state index contributed by atoms with van der Waals surface area (Å²) in [6, 6.07) is 0. The predicted octanol–water partition coefficient (Wildman–Crippen LogP) is 1.89. The normalized spacial score (nSPS) is 25.0. The first-order chi connectivity index (χ1) is 7.17. The molecule has 0 bridgehead atoms. The maximum atomic E-state index is 8.90. The Hall–Kier alpha value is 0.270. The average Bonchev–Trinajstić information content (AvgIpc) is 2.62. The fourth-order valence-corrected chi connectivity index (χ4v) is 2.85. The SMILES string of the molecule is CC(C)C(CS)CN1CCC(CCO)C1. The van der Waals surface area contributed by atoms with Crippen molar-refractivity contribution in [2.75, 3.05) is 32.0 Å². The molecule has 0 aromatic heterocycles. The summed E-state index contributed by atoms with van der Waals surface area (Å²) in [5.41, 5.74) is 0. The van der Waals surface area contributed by atoms with Gasteiger partial charge in [0, 0.05) is 19.7 Å². The van der Waals surface area contributed by atoms with Crippen molar-refractivity contribution in [1.29, 1.82) is 0 Å². The van der Waals surface area contributed by atoms with E-state index in [1.807, 2.05) is 0 Å². The first-order valence-electron chi connectivity index (χ1n) is 6.11. The average molecular weight is 231 g/mol. The fraction of sp³-hybridized carbons (Fsp3) is 1.00. The zero-order valence-corrected chi connectivity index (χ0v) is 10.9. The van der Waals surface area contributed by atoms with Gasteiger partial charge in [-0.25, -0.2) is 0 Å². The molecule has 3 heteroatoms. The first-order valence-corrected chi connectivity index (χ1v) is 6.74. The Kier molecular flexibility index (Phi) is 6.02. The summed E-state index contributed by atoms with van der Waals surface area (Å²) in [5, 5.41) is 8.90. The van der Waals surface area contributed by atoms with Crippen LogP contribution in [0.3, 0.4) is 0 Å². The lowest BCUT2D eigenvalue weighted by Crippen LogP contribution is -2.31. The molecule has 1 aliphatic heterocycles. The van der Waals surface area contributed by atoms with E-state index in [-0.39, 0.29) is 0 Å². The van der Waals surface area contributed by atoms with Gasteiger partial charge in [0.25, 0.3) is 0 Å². The summed E-state index contributed by atoms with van der Waals surface area (Å²) >= 11 is 4.42. The van der Waals surface area contributed by atoms with E-state index in [0.29, 0.717) is 12.5 Å². The second-order valence-corrected chi connectivity index (χ2v) is 5.48. The van der Waals surface area contributed by atoms with Crippen LogP contribution in [0.15, 0.2) is 0 Å². The van der Waals surface area contributed by atoms with Crippen molar-refractivity contribution in [3.63, 3.8) is 0 Å². The maximum absolute atomic E-state index is 8.90. The summed E-state index contributed by atoms with van der Waals surface area (Å²) in [7, 11) is 0. The van der Waals surface area contributed by atoms with Crippen LogP contribution in [0.2, 0.25) is 0 Å². The number of aliphatic hydroxyl groups excluding tert-OH is 1. The molecule has 2 unspecified atom stereocenters. The summed E-state index contributed by atoms with van der Waals surface area (Å²) < 4.78 is 0. The summed E-state index contributed by atoms with van der Waals surface area (Å²) in [6.45, 7) is 8.48.